The maximum atomic E-state index is 5.44. The van der Waals surface area contributed by atoms with E-state index in [0.717, 1.165) is 55.3 Å². The molecule has 0 N–H and O–H groups in total. The molecule has 0 radical (unpaired) electrons. The Kier molecular flexibility index (Phi) is 7.56. The normalized spacial score (nSPS) is 12.1. The van der Waals surface area contributed by atoms with E-state index in [1.54, 1.807) is 0 Å². The molecule has 0 amide bonds. The van der Waals surface area contributed by atoms with Crippen molar-refractivity contribution in [3.8, 4) is 39.5 Å². The monoisotopic (exact) mass is 829 g/mol. The van der Waals surface area contributed by atoms with Crippen LogP contribution in [0.15, 0.2) is 212 Å². The highest BCUT2D eigenvalue weighted by molar-refractivity contribution is 7.27. The molecule has 3 nitrogen and oxygen atoms in total. The van der Waals surface area contributed by atoms with E-state index >= 15 is 0 Å². The first-order valence-corrected chi connectivity index (χ1v) is 22.6. The first-order valence-electron chi connectivity index (χ1n) is 21.8. The Morgan fingerprint density at radius 1 is 0.359 bits per heavy atom. The zero-order valence-corrected chi connectivity index (χ0v) is 35.3. The van der Waals surface area contributed by atoms with E-state index in [9.17, 15) is 0 Å². The van der Waals surface area contributed by atoms with E-state index in [-0.39, 0.29) is 0 Å². The fourth-order valence-corrected chi connectivity index (χ4v) is 11.7. The van der Waals surface area contributed by atoms with Crippen LogP contribution in [0.2, 0.25) is 0 Å². The van der Waals surface area contributed by atoms with Crippen molar-refractivity contribution in [1.82, 2.24) is 14.5 Å². The summed E-state index contributed by atoms with van der Waals surface area (Å²) < 4.78 is 5.12. The van der Waals surface area contributed by atoms with Gasteiger partial charge in [0.2, 0.25) is 0 Å². The highest BCUT2D eigenvalue weighted by Crippen LogP contribution is 2.48. The molecule has 0 aliphatic heterocycles. The van der Waals surface area contributed by atoms with Crippen LogP contribution in [0.1, 0.15) is 0 Å². The lowest BCUT2D eigenvalue weighted by Crippen LogP contribution is -1.97. The molecule has 0 saturated heterocycles. The van der Waals surface area contributed by atoms with Crippen LogP contribution >= 0.6 is 11.3 Å². The third kappa shape index (κ3) is 5.15. The zero-order chi connectivity index (χ0) is 41.9. The second kappa shape index (κ2) is 13.7. The first-order chi connectivity index (χ1) is 31.7. The number of rotatable bonds is 4. The molecule has 0 fully saturated rings. The number of thiophene rings is 1. The Morgan fingerprint density at radius 3 is 1.64 bits per heavy atom. The van der Waals surface area contributed by atoms with E-state index in [2.05, 4.69) is 217 Å². The smallest absolute Gasteiger partial charge is 0.160 e. The van der Waals surface area contributed by atoms with Crippen molar-refractivity contribution in [2.24, 2.45) is 0 Å². The average molecular weight is 830 g/mol. The molecule has 0 aliphatic carbocycles. The molecule has 3 aromatic heterocycles. The summed E-state index contributed by atoms with van der Waals surface area (Å²) in [5, 5.41) is 16.0. The molecule has 4 heteroatoms. The lowest BCUT2D eigenvalue weighted by molar-refractivity contribution is 1.19. The van der Waals surface area contributed by atoms with E-state index in [0.29, 0.717) is 5.82 Å². The van der Waals surface area contributed by atoms with Crippen LogP contribution in [-0.2, 0) is 0 Å². The number of hydrogen-bond acceptors (Lipinski definition) is 3. The van der Waals surface area contributed by atoms with Crippen LogP contribution in [0.3, 0.4) is 0 Å². The minimum absolute atomic E-state index is 0.712. The molecular weight excluding hydrogens is 795 g/mol. The van der Waals surface area contributed by atoms with Gasteiger partial charge in [-0.05, 0) is 79.2 Å². The molecule has 0 saturated carbocycles. The third-order valence-electron chi connectivity index (χ3n) is 13.4. The van der Waals surface area contributed by atoms with Gasteiger partial charge in [-0.2, -0.15) is 0 Å². The average Bonchev–Trinajstić information content (AvgIpc) is 3.93. The van der Waals surface area contributed by atoms with Crippen molar-refractivity contribution in [3.05, 3.63) is 212 Å². The van der Waals surface area contributed by atoms with Crippen LogP contribution in [-0.4, -0.2) is 14.5 Å². The second-order valence-electron chi connectivity index (χ2n) is 16.8. The van der Waals surface area contributed by atoms with E-state index in [1.165, 1.54) is 74.3 Å². The van der Waals surface area contributed by atoms with Crippen molar-refractivity contribution in [2.75, 3.05) is 0 Å². The maximum absolute atomic E-state index is 5.44. The summed E-state index contributed by atoms with van der Waals surface area (Å²) >= 11 is 1.90. The van der Waals surface area contributed by atoms with E-state index in [4.69, 9.17) is 9.97 Å². The Balaban J connectivity index is 0.913. The summed E-state index contributed by atoms with van der Waals surface area (Å²) in [6.45, 7) is 0. The number of fused-ring (bicyclic) bond motifs is 17. The predicted octanol–water partition coefficient (Wildman–Crippen LogP) is 16.7. The summed E-state index contributed by atoms with van der Waals surface area (Å²) in [6.07, 6.45) is 0. The maximum Gasteiger partial charge on any atom is 0.160 e. The molecule has 0 spiro atoms. The van der Waals surface area contributed by atoms with Gasteiger partial charge in [-0.1, -0.05) is 182 Å². The number of para-hydroxylation sites is 1. The van der Waals surface area contributed by atoms with E-state index < -0.39 is 0 Å². The first kappa shape index (κ1) is 35.4. The van der Waals surface area contributed by atoms with Crippen LogP contribution in [0.25, 0.3) is 135 Å². The Bertz CT molecular complexity index is 4230. The van der Waals surface area contributed by atoms with Crippen molar-refractivity contribution >= 4 is 107 Å². The lowest BCUT2D eigenvalue weighted by atomic mass is 9.93. The predicted molar refractivity (Wildman–Crippen MR) is 273 cm³/mol. The molecule has 14 aromatic rings. The van der Waals surface area contributed by atoms with Gasteiger partial charge in [-0.3, -0.25) is 0 Å². The van der Waals surface area contributed by atoms with Gasteiger partial charge in [0.1, 0.15) is 0 Å². The molecule has 3 heterocycles. The summed E-state index contributed by atoms with van der Waals surface area (Å²) in [6, 6.07) is 77.0. The quantitative estimate of drug-likeness (QED) is 0.165. The van der Waals surface area contributed by atoms with Gasteiger partial charge in [-0.25, -0.2) is 9.97 Å². The van der Waals surface area contributed by atoms with Crippen molar-refractivity contribution in [2.45, 2.75) is 0 Å². The Morgan fingerprint density at radius 2 is 0.891 bits per heavy atom. The topological polar surface area (TPSA) is 30.7 Å². The van der Waals surface area contributed by atoms with Crippen molar-refractivity contribution in [3.63, 3.8) is 0 Å². The van der Waals surface area contributed by atoms with Gasteiger partial charge in [-0.15, -0.1) is 11.3 Å². The molecule has 0 atom stereocenters. The zero-order valence-electron chi connectivity index (χ0n) is 34.5. The fraction of sp³-hybridized carbons (Fsp3) is 0. The molecule has 11 aromatic carbocycles. The minimum Gasteiger partial charge on any atom is -0.308 e. The minimum atomic E-state index is 0.712. The molecule has 296 valence electrons. The van der Waals surface area contributed by atoms with Crippen molar-refractivity contribution in [1.29, 1.82) is 0 Å². The standard InChI is InChI=1S/C60H35N3S/c1-2-14-40-35-41(30-27-36(40)13-1)56-55-45-17-5-3-15-43(45)44-16-4-8-20-48(44)57(55)62-60(61-56)39-28-25-37(26-29-39)38-31-33-42(34-32-38)63-51-23-11-9-21-49(51)53-46-18-6-7-19-47(46)54-50-22-10-12-24-52(50)64-59(54)58(53)63/h1-35H. The molecule has 14 rings (SSSR count). The van der Waals surface area contributed by atoms with Gasteiger partial charge in [0.05, 0.1) is 26.9 Å². The summed E-state index contributed by atoms with van der Waals surface area (Å²) in [7, 11) is 0. The SMILES string of the molecule is c1ccc2cc(-c3nc(-c4ccc(-c5ccc(-n6c7ccccc7c7c8ccccc8c8c9ccccc9sc8c76)cc5)cc4)nc4c5ccccc5c5ccccc5c34)ccc2c1. The number of benzene rings is 11. The summed E-state index contributed by atoms with van der Waals surface area (Å²) in [5.74, 6) is 0.712. The highest BCUT2D eigenvalue weighted by Gasteiger charge is 2.22. The summed E-state index contributed by atoms with van der Waals surface area (Å²) in [5.41, 5.74) is 9.89. The fourth-order valence-electron chi connectivity index (χ4n) is 10.5. The third-order valence-corrected chi connectivity index (χ3v) is 14.5. The van der Waals surface area contributed by atoms with Gasteiger partial charge >= 0.3 is 0 Å². The van der Waals surface area contributed by atoms with Crippen LogP contribution in [0.5, 0.6) is 0 Å². The largest absolute Gasteiger partial charge is 0.308 e. The van der Waals surface area contributed by atoms with Gasteiger partial charge in [0, 0.05) is 53.8 Å². The van der Waals surface area contributed by atoms with Gasteiger partial charge in [0.25, 0.3) is 0 Å². The molecule has 0 unspecified atom stereocenters. The Hall–Kier alpha value is -8.18. The second-order valence-corrected chi connectivity index (χ2v) is 17.9. The van der Waals surface area contributed by atoms with Crippen LogP contribution < -0.4 is 0 Å². The number of aromatic nitrogens is 3. The highest BCUT2D eigenvalue weighted by atomic mass is 32.1. The van der Waals surface area contributed by atoms with E-state index in [1.807, 2.05) is 11.3 Å². The van der Waals surface area contributed by atoms with Crippen LogP contribution in [0.4, 0.5) is 0 Å². The lowest BCUT2D eigenvalue weighted by Gasteiger charge is -2.15. The number of hydrogen-bond donors (Lipinski definition) is 0. The summed E-state index contributed by atoms with van der Waals surface area (Å²) in [4.78, 5) is 10.8. The van der Waals surface area contributed by atoms with Gasteiger partial charge in [0.15, 0.2) is 5.82 Å². The van der Waals surface area contributed by atoms with Crippen LogP contribution in [0, 0.1) is 0 Å². The molecule has 0 bridgehead atoms. The Labute approximate surface area is 371 Å². The van der Waals surface area contributed by atoms with Crippen molar-refractivity contribution < 1.29 is 0 Å². The molecular formula is C60H35N3S. The molecule has 64 heavy (non-hydrogen) atoms. The number of nitrogens with zero attached hydrogens (tertiary/aromatic N) is 3. The molecule has 0 aliphatic rings. The van der Waals surface area contributed by atoms with Gasteiger partial charge < -0.3 is 4.57 Å².